The maximum absolute atomic E-state index is 14.3. The van der Waals surface area contributed by atoms with E-state index in [-0.39, 0.29) is 17.7 Å². The minimum Gasteiger partial charge on any atom is -0.497 e. The van der Waals surface area contributed by atoms with Crippen LogP contribution >= 0.6 is 27.3 Å². The zero-order chi connectivity index (χ0) is 30.1. The average Bonchev–Trinajstić information content (AvgIpc) is 3.30. The maximum Gasteiger partial charge on any atom is 0.338 e. The number of methoxy groups -OCH3 is 4. The third-order valence-corrected chi connectivity index (χ3v) is 8.64. The molecule has 3 aromatic carbocycles. The summed E-state index contributed by atoms with van der Waals surface area (Å²) in [6, 6.07) is 12.2. The number of rotatable bonds is 8. The summed E-state index contributed by atoms with van der Waals surface area (Å²) < 4.78 is 30.3. The molecule has 1 atom stereocenters. The Morgan fingerprint density at radius 3 is 2.38 bits per heavy atom. The molecule has 1 unspecified atom stereocenters. The Bertz CT molecular complexity index is 1920. The van der Waals surface area contributed by atoms with Gasteiger partial charge in [-0.15, -0.1) is 0 Å². The van der Waals surface area contributed by atoms with Gasteiger partial charge in [-0.05, 0) is 70.9 Å². The van der Waals surface area contributed by atoms with E-state index >= 15 is 0 Å². The first-order valence-electron chi connectivity index (χ1n) is 13.0. The molecule has 1 aromatic heterocycles. The minimum atomic E-state index is -0.867. The summed E-state index contributed by atoms with van der Waals surface area (Å²) in [6.07, 6.45) is 1.80. The molecular weight excluding hydrogens is 624 g/mol. The van der Waals surface area contributed by atoms with Crippen molar-refractivity contribution in [2.24, 2.45) is 4.99 Å². The van der Waals surface area contributed by atoms with Crippen LogP contribution in [0.4, 0.5) is 0 Å². The number of nitrogens with zero attached hydrogens (tertiary/aromatic N) is 2. The van der Waals surface area contributed by atoms with Crippen molar-refractivity contribution in [2.75, 3.05) is 35.0 Å². The van der Waals surface area contributed by atoms with Gasteiger partial charge in [0.15, 0.2) is 4.80 Å². The van der Waals surface area contributed by atoms with E-state index in [0.717, 1.165) is 16.3 Å². The lowest BCUT2D eigenvalue weighted by Crippen LogP contribution is -2.40. The predicted octanol–water partition coefficient (Wildman–Crippen LogP) is 4.75. The highest BCUT2D eigenvalue weighted by Gasteiger charge is 2.35. The molecular formula is C31H29BrN2O7S. The van der Waals surface area contributed by atoms with Crippen molar-refractivity contribution < 1.29 is 28.5 Å². The van der Waals surface area contributed by atoms with Gasteiger partial charge in [0, 0.05) is 17.2 Å². The van der Waals surface area contributed by atoms with Gasteiger partial charge < -0.3 is 23.7 Å². The summed E-state index contributed by atoms with van der Waals surface area (Å²) >= 11 is 4.77. The molecule has 2 heterocycles. The summed E-state index contributed by atoms with van der Waals surface area (Å²) in [7, 11) is 6.27. The van der Waals surface area contributed by atoms with E-state index in [4.69, 9.17) is 23.7 Å². The fourth-order valence-electron chi connectivity index (χ4n) is 5.07. The number of esters is 1. The van der Waals surface area contributed by atoms with Crippen LogP contribution in [0.1, 0.15) is 31.0 Å². The minimum absolute atomic E-state index is 0.167. The molecule has 1 aliphatic heterocycles. The molecule has 0 radical (unpaired) electrons. The van der Waals surface area contributed by atoms with Crippen molar-refractivity contribution in [1.82, 2.24) is 4.57 Å². The van der Waals surface area contributed by atoms with Crippen LogP contribution < -0.4 is 33.8 Å². The van der Waals surface area contributed by atoms with E-state index in [2.05, 4.69) is 20.9 Å². The van der Waals surface area contributed by atoms with Crippen LogP contribution in [-0.2, 0) is 9.53 Å². The largest absolute Gasteiger partial charge is 0.497 e. The van der Waals surface area contributed by atoms with Gasteiger partial charge in [0.1, 0.15) is 29.0 Å². The number of allylic oxidation sites excluding steroid dienone is 1. The molecule has 9 nitrogen and oxygen atoms in total. The Labute approximate surface area is 254 Å². The molecule has 0 bridgehead atoms. The van der Waals surface area contributed by atoms with Gasteiger partial charge in [0.05, 0.1) is 55.3 Å². The lowest BCUT2D eigenvalue weighted by molar-refractivity contribution is -0.139. The number of carbonyl (C=O) groups is 1. The Hall–Kier alpha value is -4.09. The van der Waals surface area contributed by atoms with Crippen LogP contribution in [0.5, 0.6) is 23.0 Å². The molecule has 0 N–H and O–H groups in total. The molecule has 5 rings (SSSR count). The summed E-state index contributed by atoms with van der Waals surface area (Å²) in [5.41, 5.74) is 1.67. The number of halogens is 1. The quantitative estimate of drug-likeness (QED) is 0.254. The highest BCUT2D eigenvalue weighted by atomic mass is 79.9. The lowest BCUT2D eigenvalue weighted by atomic mass is 9.95. The predicted molar refractivity (Wildman–Crippen MR) is 165 cm³/mol. The van der Waals surface area contributed by atoms with Crippen LogP contribution in [0.15, 0.2) is 68.0 Å². The van der Waals surface area contributed by atoms with Crippen LogP contribution in [0, 0.1) is 0 Å². The lowest BCUT2D eigenvalue weighted by Gasteiger charge is -2.26. The highest BCUT2D eigenvalue weighted by Crippen LogP contribution is 2.41. The molecule has 11 heteroatoms. The van der Waals surface area contributed by atoms with Crippen LogP contribution in [-0.4, -0.2) is 45.6 Å². The summed E-state index contributed by atoms with van der Waals surface area (Å²) in [5, 5.41) is 1.82. The van der Waals surface area contributed by atoms with Gasteiger partial charge >= 0.3 is 5.97 Å². The second-order valence-electron chi connectivity index (χ2n) is 9.30. The van der Waals surface area contributed by atoms with Crippen molar-refractivity contribution in [3.05, 3.63) is 89.0 Å². The normalized spacial score (nSPS) is 14.8. The number of thiazole rings is 1. The van der Waals surface area contributed by atoms with Crippen LogP contribution in [0.2, 0.25) is 0 Å². The molecule has 1 aliphatic rings. The Morgan fingerprint density at radius 1 is 1.00 bits per heavy atom. The maximum atomic E-state index is 14.3. The number of hydrogen-bond donors (Lipinski definition) is 0. The molecule has 0 aliphatic carbocycles. The third-order valence-electron chi connectivity index (χ3n) is 7.04. The molecule has 0 amide bonds. The zero-order valence-electron chi connectivity index (χ0n) is 23.9. The summed E-state index contributed by atoms with van der Waals surface area (Å²) in [4.78, 5) is 32.7. The summed E-state index contributed by atoms with van der Waals surface area (Å²) in [5.74, 6) is 1.70. The van der Waals surface area contributed by atoms with Gasteiger partial charge in [0.25, 0.3) is 5.56 Å². The van der Waals surface area contributed by atoms with E-state index in [0.29, 0.717) is 48.1 Å². The van der Waals surface area contributed by atoms with E-state index in [1.807, 2.05) is 30.3 Å². The first-order chi connectivity index (χ1) is 20.3. The number of carbonyl (C=O) groups excluding carboxylic acids is 1. The van der Waals surface area contributed by atoms with E-state index in [1.165, 1.54) is 23.0 Å². The Balaban J connectivity index is 1.83. The van der Waals surface area contributed by atoms with Crippen LogP contribution in [0.3, 0.4) is 0 Å². The monoisotopic (exact) mass is 652 g/mol. The number of ether oxygens (including phenoxy) is 5. The zero-order valence-corrected chi connectivity index (χ0v) is 26.3. The van der Waals surface area contributed by atoms with Gasteiger partial charge in [0.2, 0.25) is 0 Å². The fourth-order valence-corrected chi connectivity index (χ4v) is 6.62. The molecule has 0 saturated carbocycles. The smallest absolute Gasteiger partial charge is 0.338 e. The molecule has 4 aromatic rings. The van der Waals surface area contributed by atoms with Gasteiger partial charge in [-0.1, -0.05) is 23.5 Å². The number of hydrogen-bond acceptors (Lipinski definition) is 9. The van der Waals surface area contributed by atoms with Crippen molar-refractivity contribution in [3.8, 4) is 23.0 Å². The first kappa shape index (κ1) is 29.4. The first-order valence-corrected chi connectivity index (χ1v) is 14.6. The standard InChI is InChI=1S/C31H29BrN2O7S/c1-7-41-30(36)27-16(2)33-31-34(28(27)21-13-22(32)25(40-6)15-24(21)39-5)29(35)26(42-31)14-20-19-12-18(37-3)10-8-17(19)9-11-23(20)38-4/h8-15,28H,7H2,1-6H3/b26-14-. The van der Waals surface area contributed by atoms with Crippen molar-refractivity contribution in [1.29, 1.82) is 0 Å². The topological polar surface area (TPSA) is 97.6 Å². The number of benzene rings is 3. The molecule has 0 spiro atoms. The molecule has 0 saturated heterocycles. The second kappa shape index (κ2) is 12.0. The summed E-state index contributed by atoms with van der Waals surface area (Å²) in [6.45, 7) is 3.64. The van der Waals surface area contributed by atoms with Gasteiger partial charge in [-0.3, -0.25) is 9.36 Å². The molecule has 218 valence electrons. The number of fused-ring (bicyclic) bond motifs is 2. The van der Waals surface area contributed by atoms with E-state index in [9.17, 15) is 9.59 Å². The van der Waals surface area contributed by atoms with E-state index < -0.39 is 12.0 Å². The molecule has 0 fully saturated rings. The van der Waals surface area contributed by atoms with E-state index in [1.54, 1.807) is 53.4 Å². The SMILES string of the molecule is CCOC(=O)C1=C(C)N=c2s/c(=C\c3c(OC)ccc4ccc(OC)cc34)c(=O)n2C1c1cc(Br)c(OC)cc1OC. The fraction of sp³-hybridized carbons (Fsp3) is 0.258. The van der Waals surface area contributed by atoms with Gasteiger partial charge in [-0.2, -0.15) is 0 Å². The average molecular weight is 654 g/mol. The highest BCUT2D eigenvalue weighted by molar-refractivity contribution is 9.10. The second-order valence-corrected chi connectivity index (χ2v) is 11.2. The van der Waals surface area contributed by atoms with Crippen molar-refractivity contribution in [3.63, 3.8) is 0 Å². The Morgan fingerprint density at radius 2 is 1.71 bits per heavy atom. The van der Waals surface area contributed by atoms with Crippen molar-refractivity contribution in [2.45, 2.75) is 19.9 Å². The Kier molecular flexibility index (Phi) is 8.42. The van der Waals surface area contributed by atoms with Crippen LogP contribution in [0.25, 0.3) is 16.8 Å². The molecule has 42 heavy (non-hydrogen) atoms. The number of aromatic nitrogens is 1. The van der Waals surface area contributed by atoms with Gasteiger partial charge in [-0.25, -0.2) is 9.79 Å². The van der Waals surface area contributed by atoms with Crippen molar-refractivity contribution >= 4 is 50.1 Å². The third kappa shape index (κ3) is 5.07.